The lowest BCUT2D eigenvalue weighted by Gasteiger charge is -2.44. The first-order valence-electron chi connectivity index (χ1n) is 9.51. The van der Waals surface area contributed by atoms with Gasteiger partial charge in [0.2, 0.25) is 5.91 Å². The van der Waals surface area contributed by atoms with Crippen molar-refractivity contribution in [1.29, 1.82) is 0 Å². The highest BCUT2D eigenvalue weighted by molar-refractivity contribution is 7.19. The standard InChI is InChI=1S/C21H26N4O2S/c1-20(2)9-15(10-21(3,4)27-20)18(26)24-19-22-12-17(28-19)13-6-7-16-14(8-13)11-23-25(16)5/h6-8,11-12,15H,9-10H2,1-5H3,(H,22,24,26). The summed E-state index contributed by atoms with van der Waals surface area (Å²) in [6, 6.07) is 6.22. The van der Waals surface area contributed by atoms with Crippen molar-refractivity contribution in [1.82, 2.24) is 14.8 Å². The van der Waals surface area contributed by atoms with E-state index < -0.39 is 0 Å². The lowest BCUT2D eigenvalue weighted by Crippen LogP contribution is -2.48. The normalized spacial score (nSPS) is 19.0. The fourth-order valence-electron chi connectivity index (χ4n) is 4.27. The lowest BCUT2D eigenvalue weighted by molar-refractivity contribution is -0.176. The summed E-state index contributed by atoms with van der Waals surface area (Å²) in [6.45, 7) is 8.18. The Labute approximate surface area is 168 Å². The Morgan fingerprint density at radius 3 is 2.64 bits per heavy atom. The molecule has 2 aromatic heterocycles. The second kappa shape index (κ2) is 6.67. The predicted octanol–water partition coefficient (Wildman–Crippen LogP) is 4.62. The summed E-state index contributed by atoms with van der Waals surface area (Å²) >= 11 is 1.49. The number of rotatable bonds is 3. The van der Waals surface area contributed by atoms with Crippen LogP contribution in [0.3, 0.4) is 0 Å². The minimum atomic E-state index is -0.309. The lowest BCUT2D eigenvalue weighted by atomic mass is 9.80. The summed E-state index contributed by atoms with van der Waals surface area (Å²) in [7, 11) is 1.93. The van der Waals surface area contributed by atoms with Crippen LogP contribution < -0.4 is 5.32 Å². The number of amides is 1. The fraction of sp³-hybridized carbons (Fsp3) is 0.476. The van der Waals surface area contributed by atoms with Crippen molar-refractivity contribution >= 4 is 33.3 Å². The Balaban J connectivity index is 1.50. The summed E-state index contributed by atoms with van der Waals surface area (Å²) in [4.78, 5) is 18.3. The monoisotopic (exact) mass is 398 g/mol. The Morgan fingerprint density at radius 2 is 1.93 bits per heavy atom. The zero-order valence-electron chi connectivity index (χ0n) is 16.9. The van der Waals surface area contributed by atoms with Crippen molar-refractivity contribution in [3.05, 3.63) is 30.6 Å². The van der Waals surface area contributed by atoms with Crippen LogP contribution in [0.2, 0.25) is 0 Å². The van der Waals surface area contributed by atoms with Crippen molar-refractivity contribution in [2.75, 3.05) is 5.32 Å². The summed E-state index contributed by atoms with van der Waals surface area (Å²) in [5.41, 5.74) is 1.55. The van der Waals surface area contributed by atoms with Gasteiger partial charge in [-0.25, -0.2) is 4.98 Å². The third-order valence-corrected chi connectivity index (χ3v) is 6.13. The van der Waals surface area contributed by atoms with Crippen molar-refractivity contribution < 1.29 is 9.53 Å². The van der Waals surface area contributed by atoms with Crippen LogP contribution in [0.1, 0.15) is 40.5 Å². The van der Waals surface area contributed by atoms with Crippen molar-refractivity contribution in [3.8, 4) is 10.4 Å². The number of carbonyl (C=O) groups is 1. The van der Waals surface area contributed by atoms with Crippen LogP contribution >= 0.6 is 11.3 Å². The van der Waals surface area contributed by atoms with Gasteiger partial charge in [-0.05, 0) is 58.2 Å². The van der Waals surface area contributed by atoms with Gasteiger partial charge in [0.1, 0.15) is 0 Å². The number of anilines is 1. The highest BCUT2D eigenvalue weighted by Crippen LogP contribution is 2.39. The molecule has 0 saturated carbocycles. The van der Waals surface area contributed by atoms with Gasteiger partial charge in [0.25, 0.3) is 0 Å². The van der Waals surface area contributed by atoms with Crippen LogP contribution in [0.15, 0.2) is 30.6 Å². The number of carbonyl (C=O) groups excluding carboxylic acids is 1. The average Bonchev–Trinajstić information content (AvgIpc) is 3.19. The fourth-order valence-corrected chi connectivity index (χ4v) is 5.08. The first kappa shape index (κ1) is 19.1. The Hall–Kier alpha value is -2.25. The molecule has 1 fully saturated rings. The summed E-state index contributed by atoms with van der Waals surface area (Å²) in [5.74, 6) is -0.0640. The van der Waals surface area contributed by atoms with E-state index in [1.807, 2.05) is 51.8 Å². The SMILES string of the molecule is Cn1ncc2cc(-c3cnc(NC(=O)C4CC(C)(C)OC(C)(C)C4)s3)ccc21. The van der Waals surface area contributed by atoms with Gasteiger partial charge in [0.15, 0.2) is 5.13 Å². The smallest absolute Gasteiger partial charge is 0.229 e. The molecule has 1 aromatic carbocycles. The Morgan fingerprint density at radius 1 is 1.21 bits per heavy atom. The van der Waals surface area contributed by atoms with Gasteiger partial charge in [-0.2, -0.15) is 5.10 Å². The number of fused-ring (bicyclic) bond motifs is 1. The molecule has 0 bridgehead atoms. The maximum absolute atomic E-state index is 12.9. The molecule has 3 aromatic rings. The van der Waals surface area contributed by atoms with Gasteiger partial charge in [0, 0.05) is 24.5 Å². The quantitative estimate of drug-likeness (QED) is 0.699. The molecule has 1 N–H and O–H groups in total. The number of nitrogens with one attached hydrogen (secondary N) is 1. The number of aromatic nitrogens is 3. The van der Waals surface area contributed by atoms with E-state index in [0.29, 0.717) is 18.0 Å². The van der Waals surface area contributed by atoms with E-state index in [1.54, 1.807) is 0 Å². The van der Waals surface area contributed by atoms with Gasteiger partial charge in [-0.15, -0.1) is 0 Å². The molecule has 3 heterocycles. The Kier molecular flexibility index (Phi) is 4.55. The molecule has 1 aliphatic heterocycles. The highest BCUT2D eigenvalue weighted by atomic mass is 32.1. The largest absolute Gasteiger partial charge is 0.370 e. The molecule has 0 radical (unpaired) electrons. The molecule has 1 saturated heterocycles. The first-order chi connectivity index (χ1) is 13.1. The number of hydrogen-bond donors (Lipinski definition) is 1. The maximum Gasteiger partial charge on any atom is 0.229 e. The number of benzene rings is 1. The molecule has 0 spiro atoms. The van der Waals surface area contributed by atoms with Crippen LogP contribution in [0.4, 0.5) is 5.13 Å². The molecule has 6 nitrogen and oxygen atoms in total. The van der Waals surface area contributed by atoms with Gasteiger partial charge >= 0.3 is 0 Å². The second-order valence-corrected chi connectivity index (χ2v) is 9.82. The van der Waals surface area contributed by atoms with E-state index in [2.05, 4.69) is 33.6 Å². The van der Waals surface area contributed by atoms with Crippen molar-refractivity contribution in [2.45, 2.75) is 51.7 Å². The van der Waals surface area contributed by atoms with Crippen LogP contribution in [0.5, 0.6) is 0 Å². The van der Waals surface area contributed by atoms with E-state index in [1.165, 1.54) is 11.3 Å². The van der Waals surface area contributed by atoms with E-state index in [9.17, 15) is 4.79 Å². The molecule has 1 amide bonds. The van der Waals surface area contributed by atoms with Gasteiger partial charge in [0.05, 0.1) is 27.8 Å². The number of nitrogens with zero attached hydrogens (tertiary/aromatic N) is 3. The minimum absolute atomic E-state index is 0.0214. The molecule has 4 rings (SSSR count). The molecule has 0 atom stereocenters. The zero-order chi connectivity index (χ0) is 20.1. The first-order valence-corrected chi connectivity index (χ1v) is 10.3. The molecular weight excluding hydrogens is 372 g/mol. The topological polar surface area (TPSA) is 69.0 Å². The number of hydrogen-bond acceptors (Lipinski definition) is 5. The molecule has 0 unspecified atom stereocenters. The molecule has 148 valence electrons. The molecular formula is C21H26N4O2S. The Bertz CT molecular complexity index is 1020. The summed E-state index contributed by atoms with van der Waals surface area (Å²) in [5, 5.41) is 9.02. The number of aryl methyl sites for hydroxylation is 1. The van der Waals surface area contributed by atoms with Crippen LogP contribution in [0.25, 0.3) is 21.3 Å². The van der Waals surface area contributed by atoms with Crippen LogP contribution in [-0.2, 0) is 16.6 Å². The molecule has 0 aliphatic carbocycles. The third kappa shape index (κ3) is 3.82. The minimum Gasteiger partial charge on any atom is -0.370 e. The van der Waals surface area contributed by atoms with Crippen molar-refractivity contribution in [2.24, 2.45) is 13.0 Å². The molecule has 7 heteroatoms. The highest BCUT2D eigenvalue weighted by Gasteiger charge is 2.42. The molecule has 1 aliphatic rings. The van der Waals surface area contributed by atoms with Crippen molar-refractivity contribution in [3.63, 3.8) is 0 Å². The average molecular weight is 399 g/mol. The van der Waals surface area contributed by atoms with E-state index in [0.717, 1.165) is 21.3 Å². The number of thiazole rings is 1. The second-order valence-electron chi connectivity index (χ2n) is 8.79. The molecule has 28 heavy (non-hydrogen) atoms. The third-order valence-electron chi connectivity index (χ3n) is 5.17. The van der Waals surface area contributed by atoms with Crippen LogP contribution in [-0.4, -0.2) is 31.9 Å². The zero-order valence-corrected chi connectivity index (χ0v) is 17.8. The van der Waals surface area contributed by atoms with E-state index in [4.69, 9.17) is 4.74 Å². The summed E-state index contributed by atoms with van der Waals surface area (Å²) < 4.78 is 7.95. The van der Waals surface area contributed by atoms with E-state index in [-0.39, 0.29) is 23.0 Å². The number of ether oxygens (including phenoxy) is 1. The van der Waals surface area contributed by atoms with E-state index >= 15 is 0 Å². The van der Waals surface area contributed by atoms with Crippen LogP contribution in [0, 0.1) is 5.92 Å². The van der Waals surface area contributed by atoms with Gasteiger partial charge in [-0.1, -0.05) is 17.4 Å². The van der Waals surface area contributed by atoms with Gasteiger partial charge < -0.3 is 10.1 Å². The maximum atomic E-state index is 12.9. The van der Waals surface area contributed by atoms with Gasteiger partial charge in [-0.3, -0.25) is 9.48 Å². The predicted molar refractivity (Wildman–Crippen MR) is 112 cm³/mol. The summed E-state index contributed by atoms with van der Waals surface area (Å²) in [6.07, 6.45) is 5.09.